The Bertz CT molecular complexity index is 465. The van der Waals surface area contributed by atoms with Crippen LogP contribution in [-0.4, -0.2) is 19.0 Å². The SMILES string of the molecule is CCCNC(=O)CCNc1ccc(N)c(CC#N)c1. The van der Waals surface area contributed by atoms with Gasteiger partial charge in [0.2, 0.25) is 5.91 Å². The lowest BCUT2D eigenvalue weighted by atomic mass is 10.1. The van der Waals surface area contributed by atoms with Crippen LogP contribution >= 0.6 is 0 Å². The third-order valence-electron chi connectivity index (χ3n) is 2.67. The first kappa shape index (κ1) is 14.8. The zero-order valence-corrected chi connectivity index (χ0v) is 11.2. The fraction of sp³-hybridized carbons (Fsp3) is 0.429. The van der Waals surface area contributed by atoms with Crippen molar-refractivity contribution in [2.45, 2.75) is 26.2 Å². The molecule has 5 heteroatoms. The summed E-state index contributed by atoms with van der Waals surface area (Å²) >= 11 is 0. The minimum atomic E-state index is 0.0436. The first-order chi connectivity index (χ1) is 9.17. The molecule has 0 unspecified atom stereocenters. The van der Waals surface area contributed by atoms with Crippen molar-refractivity contribution in [1.29, 1.82) is 5.26 Å². The number of amides is 1. The van der Waals surface area contributed by atoms with Gasteiger partial charge in [0.1, 0.15) is 0 Å². The Morgan fingerprint density at radius 2 is 2.21 bits per heavy atom. The van der Waals surface area contributed by atoms with Crippen LogP contribution in [0.2, 0.25) is 0 Å². The maximum absolute atomic E-state index is 11.4. The molecule has 0 spiro atoms. The highest BCUT2D eigenvalue weighted by Gasteiger charge is 2.02. The second kappa shape index (κ2) is 7.98. The largest absolute Gasteiger partial charge is 0.398 e. The van der Waals surface area contributed by atoms with Crippen molar-refractivity contribution in [2.24, 2.45) is 0 Å². The van der Waals surface area contributed by atoms with Crippen LogP contribution in [0.25, 0.3) is 0 Å². The Kier molecular flexibility index (Phi) is 6.23. The minimum absolute atomic E-state index is 0.0436. The van der Waals surface area contributed by atoms with Gasteiger partial charge in [0, 0.05) is 30.9 Å². The normalized spacial score (nSPS) is 9.68. The van der Waals surface area contributed by atoms with E-state index in [4.69, 9.17) is 11.0 Å². The van der Waals surface area contributed by atoms with E-state index >= 15 is 0 Å². The number of hydrogen-bond donors (Lipinski definition) is 3. The molecule has 1 aromatic carbocycles. The smallest absolute Gasteiger partial charge is 0.221 e. The number of nitrogens with two attached hydrogens (primary N) is 1. The highest BCUT2D eigenvalue weighted by Crippen LogP contribution is 2.18. The molecule has 0 atom stereocenters. The second-order valence-electron chi connectivity index (χ2n) is 4.28. The van der Waals surface area contributed by atoms with Gasteiger partial charge in [0.25, 0.3) is 0 Å². The molecule has 1 rings (SSSR count). The van der Waals surface area contributed by atoms with Crippen LogP contribution in [0.5, 0.6) is 0 Å². The van der Waals surface area contributed by atoms with Gasteiger partial charge in [-0.1, -0.05) is 6.92 Å². The molecule has 102 valence electrons. The Morgan fingerprint density at radius 3 is 2.89 bits per heavy atom. The first-order valence-electron chi connectivity index (χ1n) is 6.43. The molecule has 1 aromatic rings. The van der Waals surface area contributed by atoms with Gasteiger partial charge in [0.05, 0.1) is 12.5 Å². The molecule has 0 aliphatic rings. The quantitative estimate of drug-likeness (QED) is 0.650. The first-order valence-corrected chi connectivity index (χ1v) is 6.43. The molecule has 4 N–H and O–H groups in total. The highest BCUT2D eigenvalue weighted by atomic mass is 16.1. The number of hydrogen-bond acceptors (Lipinski definition) is 4. The van der Waals surface area contributed by atoms with Crippen LogP contribution in [0, 0.1) is 11.3 Å². The summed E-state index contributed by atoms with van der Waals surface area (Å²) in [6, 6.07) is 7.54. The standard InChI is InChI=1S/C14H20N4O/c1-2-8-18-14(19)6-9-17-12-3-4-13(16)11(10-12)5-7-15/h3-4,10,17H,2,5-6,8-9,16H2,1H3,(H,18,19). The molecule has 0 radical (unpaired) electrons. The Labute approximate surface area is 113 Å². The fourth-order valence-corrected chi connectivity index (χ4v) is 1.63. The lowest BCUT2D eigenvalue weighted by Gasteiger charge is -2.09. The van der Waals surface area contributed by atoms with E-state index < -0.39 is 0 Å². The summed E-state index contributed by atoms with van der Waals surface area (Å²) in [4.78, 5) is 11.4. The molecular formula is C14H20N4O. The van der Waals surface area contributed by atoms with Crippen molar-refractivity contribution in [3.05, 3.63) is 23.8 Å². The third-order valence-corrected chi connectivity index (χ3v) is 2.67. The van der Waals surface area contributed by atoms with E-state index in [0.29, 0.717) is 31.6 Å². The van der Waals surface area contributed by atoms with Crippen LogP contribution in [0.1, 0.15) is 25.3 Å². The maximum Gasteiger partial charge on any atom is 0.221 e. The molecule has 19 heavy (non-hydrogen) atoms. The van der Waals surface area contributed by atoms with E-state index in [-0.39, 0.29) is 5.91 Å². The lowest BCUT2D eigenvalue weighted by molar-refractivity contribution is -0.120. The molecular weight excluding hydrogens is 240 g/mol. The van der Waals surface area contributed by atoms with Gasteiger partial charge >= 0.3 is 0 Å². The van der Waals surface area contributed by atoms with E-state index in [2.05, 4.69) is 16.7 Å². The van der Waals surface area contributed by atoms with Gasteiger partial charge in [0.15, 0.2) is 0 Å². The number of nitrogens with one attached hydrogen (secondary N) is 2. The molecule has 0 aliphatic carbocycles. The van der Waals surface area contributed by atoms with Gasteiger partial charge in [-0.05, 0) is 30.2 Å². The van der Waals surface area contributed by atoms with Gasteiger partial charge < -0.3 is 16.4 Å². The number of anilines is 2. The highest BCUT2D eigenvalue weighted by molar-refractivity contribution is 5.76. The van der Waals surface area contributed by atoms with Gasteiger partial charge in [-0.3, -0.25) is 4.79 Å². The molecule has 0 saturated carbocycles. The summed E-state index contributed by atoms with van der Waals surface area (Å²) in [5.74, 6) is 0.0436. The summed E-state index contributed by atoms with van der Waals surface area (Å²) in [5.41, 5.74) is 8.07. The summed E-state index contributed by atoms with van der Waals surface area (Å²) in [7, 11) is 0. The lowest BCUT2D eigenvalue weighted by Crippen LogP contribution is -2.25. The summed E-state index contributed by atoms with van der Waals surface area (Å²) < 4.78 is 0. The van der Waals surface area contributed by atoms with Crippen molar-refractivity contribution >= 4 is 17.3 Å². The average molecular weight is 260 g/mol. The Hall–Kier alpha value is -2.22. The molecule has 5 nitrogen and oxygen atoms in total. The fourth-order valence-electron chi connectivity index (χ4n) is 1.63. The maximum atomic E-state index is 11.4. The molecule has 0 bridgehead atoms. The van der Waals surface area contributed by atoms with Crippen LogP contribution in [0.3, 0.4) is 0 Å². The minimum Gasteiger partial charge on any atom is -0.398 e. The number of benzene rings is 1. The van der Waals surface area contributed by atoms with Gasteiger partial charge in [-0.25, -0.2) is 0 Å². The molecule has 0 aromatic heterocycles. The average Bonchev–Trinajstić information content (AvgIpc) is 2.40. The number of carbonyl (C=O) groups excluding carboxylic acids is 1. The van der Waals surface area contributed by atoms with Crippen molar-refractivity contribution < 1.29 is 4.79 Å². The van der Waals surface area contributed by atoms with Crippen LogP contribution in [0.15, 0.2) is 18.2 Å². The summed E-state index contributed by atoms with van der Waals surface area (Å²) in [6.07, 6.45) is 1.66. The summed E-state index contributed by atoms with van der Waals surface area (Å²) in [5, 5.41) is 14.7. The molecule has 1 amide bonds. The van der Waals surface area contributed by atoms with E-state index in [9.17, 15) is 4.79 Å². The zero-order valence-electron chi connectivity index (χ0n) is 11.2. The van der Waals surface area contributed by atoms with E-state index in [1.165, 1.54) is 0 Å². The predicted octanol–water partition coefficient (Wildman–Crippen LogP) is 1.66. The number of carbonyl (C=O) groups is 1. The van der Waals surface area contributed by atoms with Gasteiger partial charge in [-0.15, -0.1) is 0 Å². The predicted molar refractivity (Wildman–Crippen MR) is 76.6 cm³/mol. The third kappa shape index (κ3) is 5.30. The molecule has 0 heterocycles. The zero-order chi connectivity index (χ0) is 14.1. The second-order valence-corrected chi connectivity index (χ2v) is 4.28. The number of nitrogen functional groups attached to an aromatic ring is 1. The van der Waals surface area contributed by atoms with Gasteiger partial charge in [-0.2, -0.15) is 5.26 Å². The number of nitriles is 1. The number of nitrogens with zero attached hydrogens (tertiary/aromatic N) is 1. The molecule has 0 fully saturated rings. The number of rotatable bonds is 7. The molecule has 0 saturated heterocycles. The monoisotopic (exact) mass is 260 g/mol. The van der Waals surface area contributed by atoms with Crippen molar-refractivity contribution in [1.82, 2.24) is 5.32 Å². The van der Waals surface area contributed by atoms with Crippen LogP contribution in [-0.2, 0) is 11.2 Å². The Balaban J connectivity index is 2.43. The topological polar surface area (TPSA) is 90.9 Å². The van der Waals surface area contributed by atoms with E-state index in [1.807, 2.05) is 19.1 Å². The van der Waals surface area contributed by atoms with Crippen molar-refractivity contribution in [2.75, 3.05) is 24.1 Å². The van der Waals surface area contributed by atoms with Crippen molar-refractivity contribution in [3.63, 3.8) is 0 Å². The Morgan fingerprint density at radius 1 is 1.42 bits per heavy atom. The molecule has 0 aliphatic heterocycles. The van der Waals surface area contributed by atoms with Crippen LogP contribution in [0.4, 0.5) is 11.4 Å². The summed E-state index contributed by atoms with van der Waals surface area (Å²) in [6.45, 7) is 3.29. The van der Waals surface area contributed by atoms with Crippen molar-refractivity contribution in [3.8, 4) is 6.07 Å². The van der Waals surface area contributed by atoms with E-state index in [0.717, 1.165) is 17.7 Å². The van der Waals surface area contributed by atoms with E-state index in [1.54, 1.807) is 6.07 Å². The van der Waals surface area contributed by atoms with Crippen LogP contribution < -0.4 is 16.4 Å².